The Labute approximate surface area is 115 Å². The van der Waals surface area contributed by atoms with E-state index in [-0.39, 0.29) is 0 Å². The van der Waals surface area contributed by atoms with Gasteiger partial charge in [0.15, 0.2) is 0 Å². The minimum Gasteiger partial charge on any atom is -0.397 e. The first kappa shape index (κ1) is 13.6. The van der Waals surface area contributed by atoms with Gasteiger partial charge in [-0.15, -0.1) is 0 Å². The summed E-state index contributed by atoms with van der Waals surface area (Å²) < 4.78 is 0.411. The van der Waals surface area contributed by atoms with E-state index in [1.165, 1.54) is 32.1 Å². The molecule has 0 unspecified atom stereocenters. The third-order valence-corrected chi connectivity index (χ3v) is 5.54. The van der Waals surface area contributed by atoms with E-state index >= 15 is 0 Å². The van der Waals surface area contributed by atoms with Crippen LogP contribution in [0.15, 0.2) is 18.2 Å². The van der Waals surface area contributed by atoms with Crippen LogP contribution in [0.3, 0.4) is 0 Å². The van der Waals surface area contributed by atoms with E-state index in [0.717, 1.165) is 23.5 Å². The summed E-state index contributed by atoms with van der Waals surface area (Å²) in [4.78, 5) is 0. The fourth-order valence-electron chi connectivity index (χ4n) is 2.74. The summed E-state index contributed by atoms with van der Waals surface area (Å²) in [5.74, 6) is 0. The molecule has 2 nitrogen and oxygen atoms in total. The first-order valence-corrected chi connectivity index (χ1v) is 8.03. The quantitative estimate of drug-likeness (QED) is 0.806. The molecule has 0 atom stereocenters. The highest BCUT2D eigenvalue weighted by Crippen LogP contribution is 2.39. The average Bonchev–Trinajstić information content (AvgIpc) is 2.41. The van der Waals surface area contributed by atoms with Crippen molar-refractivity contribution in [1.82, 2.24) is 0 Å². The lowest BCUT2D eigenvalue weighted by atomic mass is 9.88. The number of hydrogen-bond acceptors (Lipinski definition) is 3. The SMILES string of the molecule is CSC1(CNc2cccc(C)c2N)CCCCC1. The van der Waals surface area contributed by atoms with Crippen LogP contribution >= 0.6 is 11.8 Å². The van der Waals surface area contributed by atoms with Gasteiger partial charge >= 0.3 is 0 Å². The molecule has 0 bridgehead atoms. The van der Waals surface area contributed by atoms with Crippen LogP contribution in [0, 0.1) is 6.92 Å². The molecule has 1 aliphatic carbocycles. The number of benzene rings is 1. The van der Waals surface area contributed by atoms with Gasteiger partial charge in [-0.3, -0.25) is 0 Å². The number of para-hydroxylation sites is 1. The number of aryl methyl sites for hydroxylation is 1. The van der Waals surface area contributed by atoms with Crippen molar-refractivity contribution in [3.8, 4) is 0 Å². The summed E-state index contributed by atoms with van der Waals surface area (Å²) in [5.41, 5.74) is 9.25. The van der Waals surface area contributed by atoms with Crippen molar-refractivity contribution >= 4 is 23.1 Å². The lowest BCUT2D eigenvalue weighted by Gasteiger charge is -2.36. The highest BCUT2D eigenvalue weighted by atomic mass is 32.2. The molecule has 0 heterocycles. The zero-order chi connectivity index (χ0) is 13.0. The van der Waals surface area contributed by atoms with E-state index in [1.807, 2.05) is 11.8 Å². The van der Waals surface area contributed by atoms with Crippen LogP contribution in [0.5, 0.6) is 0 Å². The van der Waals surface area contributed by atoms with Crippen molar-refractivity contribution in [3.63, 3.8) is 0 Å². The fourth-order valence-corrected chi connectivity index (χ4v) is 3.65. The Morgan fingerprint density at radius 3 is 2.67 bits per heavy atom. The zero-order valence-electron chi connectivity index (χ0n) is 11.5. The van der Waals surface area contributed by atoms with Gasteiger partial charge in [0.1, 0.15) is 0 Å². The molecule has 3 heteroatoms. The zero-order valence-corrected chi connectivity index (χ0v) is 12.3. The number of nitrogen functional groups attached to an aromatic ring is 1. The molecule has 0 aromatic heterocycles. The van der Waals surface area contributed by atoms with Crippen molar-refractivity contribution in [3.05, 3.63) is 23.8 Å². The molecule has 0 spiro atoms. The maximum absolute atomic E-state index is 6.11. The Morgan fingerprint density at radius 2 is 2.00 bits per heavy atom. The van der Waals surface area contributed by atoms with Gasteiger partial charge in [0.2, 0.25) is 0 Å². The number of hydrogen-bond donors (Lipinski definition) is 2. The second-order valence-electron chi connectivity index (χ2n) is 5.34. The molecule has 0 amide bonds. The predicted molar refractivity (Wildman–Crippen MR) is 83.4 cm³/mol. The summed E-state index contributed by atoms with van der Waals surface area (Å²) in [5, 5.41) is 3.57. The second-order valence-corrected chi connectivity index (χ2v) is 6.61. The molecular formula is C15H24N2S. The van der Waals surface area contributed by atoms with E-state index in [4.69, 9.17) is 5.73 Å². The Morgan fingerprint density at radius 1 is 1.28 bits per heavy atom. The minimum absolute atomic E-state index is 0.411. The number of nitrogens with one attached hydrogen (secondary N) is 1. The fraction of sp³-hybridized carbons (Fsp3) is 0.600. The average molecular weight is 264 g/mol. The van der Waals surface area contributed by atoms with Gasteiger partial charge in [0.05, 0.1) is 11.4 Å². The van der Waals surface area contributed by atoms with Gasteiger partial charge in [0.25, 0.3) is 0 Å². The lowest BCUT2D eigenvalue weighted by molar-refractivity contribution is 0.411. The molecule has 100 valence electrons. The Balaban J connectivity index is 2.03. The molecule has 1 aromatic carbocycles. The van der Waals surface area contributed by atoms with Crippen LogP contribution in [0.4, 0.5) is 11.4 Å². The number of thioether (sulfide) groups is 1. The van der Waals surface area contributed by atoms with E-state index in [9.17, 15) is 0 Å². The first-order valence-electron chi connectivity index (χ1n) is 6.81. The molecular weight excluding hydrogens is 240 g/mol. The molecule has 1 saturated carbocycles. The molecule has 0 saturated heterocycles. The Kier molecular flexibility index (Phi) is 4.44. The standard InChI is InChI=1S/C15H24N2S/c1-12-7-6-8-13(14(12)16)17-11-15(18-2)9-4-3-5-10-15/h6-8,17H,3-5,9-11,16H2,1-2H3. The number of nitrogens with two attached hydrogens (primary N) is 1. The summed E-state index contributed by atoms with van der Waals surface area (Å²) in [6.07, 6.45) is 9.03. The van der Waals surface area contributed by atoms with Gasteiger partial charge < -0.3 is 11.1 Å². The summed E-state index contributed by atoms with van der Waals surface area (Å²) in [6, 6.07) is 6.21. The molecule has 1 aromatic rings. The smallest absolute Gasteiger partial charge is 0.0579 e. The third kappa shape index (κ3) is 2.94. The van der Waals surface area contributed by atoms with Crippen LogP contribution in [0.2, 0.25) is 0 Å². The van der Waals surface area contributed by atoms with Gasteiger partial charge in [-0.25, -0.2) is 0 Å². The van der Waals surface area contributed by atoms with Gasteiger partial charge in [0, 0.05) is 11.3 Å². The van der Waals surface area contributed by atoms with Crippen LogP contribution in [-0.4, -0.2) is 17.5 Å². The van der Waals surface area contributed by atoms with Crippen molar-refractivity contribution < 1.29 is 0 Å². The van der Waals surface area contributed by atoms with Crippen molar-refractivity contribution in [2.45, 2.75) is 43.8 Å². The largest absolute Gasteiger partial charge is 0.397 e. The predicted octanol–water partition coefficient (Wildman–Crippen LogP) is 4.06. The van der Waals surface area contributed by atoms with Crippen LogP contribution < -0.4 is 11.1 Å². The number of rotatable bonds is 4. The monoisotopic (exact) mass is 264 g/mol. The highest BCUT2D eigenvalue weighted by Gasteiger charge is 2.30. The molecule has 3 N–H and O–H groups in total. The normalized spacial score (nSPS) is 18.6. The maximum Gasteiger partial charge on any atom is 0.0579 e. The van der Waals surface area contributed by atoms with Gasteiger partial charge in [-0.05, 0) is 37.7 Å². The molecule has 0 radical (unpaired) electrons. The number of anilines is 2. The summed E-state index contributed by atoms with van der Waals surface area (Å²) in [6.45, 7) is 3.09. The topological polar surface area (TPSA) is 38.0 Å². The van der Waals surface area contributed by atoms with Crippen LogP contribution in [-0.2, 0) is 0 Å². The van der Waals surface area contributed by atoms with Crippen molar-refractivity contribution in [2.24, 2.45) is 0 Å². The third-order valence-electron chi connectivity index (χ3n) is 4.12. The van der Waals surface area contributed by atoms with E-state index in [1.54, 1.807) is 0 Å². The van der Waals surface area contributed by atoms with Crippen LogP contribution in [0.25, 0.3) is 0 Å². The molecule has 0 aliphatic heterocycles. The Hall–Kier alpha value is -0.830. The molecule has 2 rings (SSSR count). The highest BCUT2D eigenvalue weighted by molar-refractivity contribution is 8.00. The van der Waals surface area contributed by atoms with Gasteiger partial charge in [-0.2, -0.15) is 11.8 Å². The summed E-state index contributed by atoms with van der Waals surface area (Å²) >= 11 is 2.02. The second kappa shape index (κ2) is 5.87. The van der Waals surface area contributed by atoms with Crippen molar-refractivity contribution in [1.29, 1.82) is 0 Å². The molecule has 1 fully saturated rings. The summed E-state index contributed by atoms with van der Waals surface area (Å²) in [7, 11) is 0. The van der Waals surface area contributed by atoms with Crippen LogP contribution in [0.1, 0.15) is 37.7 Å². The van der Waals surface area contributed by atoms with E-state index in [0.29, 0.717) is 4.75 Å². The van der Waals surface area contributed by atoms with E-state index < -0.39 is 0 Å². The Bertz CT molecular complexity index is 397. The lowest BCUT2D eigenvalue weighted by Crippen LogP contribution is -2.35. The first-order chi connectivity index (χ1) is 8.67. The molecule has 18 heavy (non-hydrogen) atoms. The molecule has 1 aliphatic rings. The van der Waals surface area contributed by atoms with E-state index in [2.05, 4.69) is 36.7 Å². The van der Waals surface area contributed by atoms with Gasteiger partial charge in [-0.1, -0.05) is 31.4 Å². The maximum atomic E-state index is 6.11. The minimum atomic E-state index is 0.411. The van der Waals surface area contributed by atoms with Crippen molar-refractivity contribution in [2.75, 3.05) is 23.9 Å².